The molecule has 19 heavy (non-hydrogen) atoms. The molecule has 0 bridgehead atoms. The first-order valence-electron chi connectivity index (χ1n) is 5.62. The lowest BCUT2D eigenvalue weighted by Crippen LogP contribution is -2.46. The van der Waals surface area contributed by atoms with Crippen LogP contribution in [0.1, 0.15) is 24.3 Å². The molecule has 1 unspecified atom stereocenters. The molecule has 0 aliphatic carbocycles. The molecule has 1 heterocycles. The highest BCUT2D eigenvalue weighted by Gasteiger charge is 2.27. The molecule has 0 aliphatic heterocycles. The molecule has 0 radical (unpaired) electrons. The Morgan fingerprint density at radius 2 is 2.21 bits per heavy atom. The van der Waals surface area contributed by atoms with Gasteiger partial charge in [0.1, 0.15) is 12.3 Å². The maximum atomic E-state index is 12.1. The fourth-order valence-electron chi connectivity index (χ4n) is 1.43. The molecule has 2 N–H and O–H groups in total. The fraction of sp³-hybridized carbons (Fsp3) is 0.455. The molecule has 8 nitrogen and oxygen atoms in total. The second-order valence-electron chi connectivity index (χ2n) is 3.88. The van der Waals surface area contributed by atoms with Crippen molar-refractivity contribution in [1.29, 1.82) is 0 Å². The summed E-state index contributed by atoms with van der Waals surface area (Å²) >= 11 is 0. The van der Waals surface area contributed by atoms with Gasteiger partial charge in [-0.25, -0.2) is 4.79 Å². The van der Waals surface area contributed by atoms with Crippen molar-refractivity contribution in [3.8, 4) is 0 Å². The summed E-state index contributed by atoms with van der Waals surface area (Å²) in [6, 6.07) is 0.320. The number of carboxylic acids is 1. The van der Waals surface area contributed by atoms with E-state index in [0.717, 1.165) is 4.90 Å². The van der Waals surface area contributed by atoms with Gasteiger partial charge in [0.2, 0.25) is 5.91 Å². The van der Waals surface area contributed by atoms with Crippen molar-refractivity contribution in [3.63, 3.8) is 0 Å². The summed E-state index contributed by atoms with van der Waals surface area (Å²) in [5.41, 5.74) is 0.0240. The standard InChI is InChI=1S/C11H15N3O5/c1-7(11(17)18)14(5-4-12-8(2)15)10(16)9-3-6-19-13-9/h3,6-7H,4-5H2,1-2H3,(H,12,15)(H,17,18). The molecule has 0 saturated heterocycles. The van der Waals surface area contributed by atoms with Gasteiger partial charge in [0.25, 0.3) is 5.91 Å². The van der Waals surface area contributed by atoms with Crippen LogP contribution in [0.5, 0.6) is 0 Å². The Kier molecular flexibility index (Phi) is 5.04. The topological polar surface area (TPSA) is 113 Å². The summed E-state index contributed by atoms with van der Waals surface area (Å²) in [5, 5.41) is 15.0. The van der Waals surface area contributed by atoms with Crippen molar-refractivity contribution in [3.05, 3.63) is 18.0 Å². The average molecular weight is 269 g/mol. The van der Waals surface area contributed by atoms with Gasteiger partial charge in [0.15, 0.2) is 5.69 Å². The molecule has 8 heteroatoms. The Morgan fingerprint density at radius 1 is 1.53 bits per heavy atom. The predicted molar refractivity (Wildman–Crippen MR) is 63.3 cm³/mol. The lowest BCUT2D eigenvalue weighted by atomic mass is 10.2. The van der Waals surface area contributed by atoms with Crippen LogP contribution in [-0.2, 0) is 9.59 Å². The molecule has 1 aromatic rings. The van der Waals surface area contributed by atoms with Gasteiger partial charge in [-0.2, -0.15) is 0 Å². The van der Waals surface area contributed by atoms with E-state index in [4.69, 9.17) is 5.11 Å². The number of hydrogen-bond donors (Lipinski definition) is 2. The summed E-state index contributed by atoms with van der Waals surface area (Å²) in [5.74, 6) is -1.95. The summed E-state index contributed by atoms with van der Waals surface area (Å²) in [6.45, 7) is 2.95. The van der Waals surface area contributed by atoms with E-state index in [9.17, 15) is 14.4 Å². The van der Waals surface area contributed by atoms with E-state index in [1.54, 1.807) is 0 Å². The van der Waals surface area contributed by atoms with Gasteiger partial charge in [-0.3, -0.25) is 9.59 Å². The van der Waals surface area contributed by atoms with E-state index >= 15 is 0 Å². The van der Waals surface area contributed by atoms with Crippen LogP contribution in [0.3, 0.4) is 0 Å². The number of carboxylic acid groups (broad SMARTS) is 1. The highest BCUT2D eigenvalue weighted by molar-refractivity contribution is 5.94. The lowest BCUT2D eigenvalue weighted by Gasteiger charge is -2.25. The van der Waals surface area contributed by atoms with Gasteiger partial charge >= 0.3 is 5.97 Å². The van der Waals surface area contributed by atoms with Crippen LogP contribution in [0.4, 0.5) is 0 Å². The fourth-order valence-corrected chi connectivity index (χ4v) is 1.43. The van der Waals surface area contributed by atoms with Crippen LogP contribution in [0.25, 0.3) is 0 Å². The molecule has 0 fully saturated rings. The molecule has 1 rings (SSSR count). The quantitative estimate of drug-likeness (QED) is 0.734. The second-order valence-corrected chi connectivity index (χ2v) is 3.88. The number of aliphatic carboxylic acids is 1. The van der Waals surface area contributed by atoms with Crippen molar-refractivity contribution in [1.82, 2.24) is 15.4 Å². The van der Waals surface area contributed by atoms with Crippen LogP contribution in [0.15, 0.2) is 16.9 Å². The van der Waals surface area contributed by atoms with E-state index in [1.807, 2.05) is 0 Å². The first-order valence-corrected chi connectivity index (χ1v) is 5.62. The van der Waals surface area contributed by atoms with Crippen LogP contribution >= 0.6 is 0 Å². The Balaban J connectivity index is 2.77. The maximum absolute atomic E-state index is 12.1. The Morgan fingerprint density at radius 3 is 2.68 bits per heavy atom. The number of rotatable bonds is 6. The summed E-state index contributed by atoms with van der Waals surface area (Å²) in [6.07, 6.45) is 1.23. The summed E-state index contributed by atoms with van der Waals surface area (Å²) in [7, 11) is 0. The molecule has 1 aromatic heterocycles. The normalized spacial score (nSPS) is 11.7. The van der Waals surface area contributed by atoms with E-state index in [0.29, 0.717) is 0 Å². The Hall–Kier alpha value is -2.38. The van der Waals surface area contributed by atoms with Crippen molar-refractivity contribution >= 4 is 17.8 Å². The number of amides is 2. The lowest BCUT2D eigenvalue weighted by molar-refractivity contribution is -0.141. The van der Waals surface area contributed by atoms with E-state index < -0.39 is 17.9 Å². The monoisotopic (exact) mass is 269 g/mol. The number of nitrogens with one attached hydrogen (secondary N) is 1. The Labute approximate surface area is 109 Å². The molecule has 0 spiro atoms. The number of carbonyl (C=O) groups excluding carboxylic acids is 2. The van der Waals surface area contributed by atoms with Crippen LogP contribution < -0.4 is 5.32 Å². The third-order valence-electron chi connectivity index (χ3n) is 2.47. The zero-order valence-electron chi connectivity index (χ0n) is 10.6. The van der Waals surface area contributed by atoms with Gasteiger partial charge in [0, 0.05) is 26.1 Å². The zero-order chi connectivity index (χ0) is 14.4. The predicted octanol–water partition coefficient (Wildman–Crippen LogP) is -0.274. The smallest absolute Gasteiger partial charge is 0.326 e. The zero-order valence-corrected chi connectivity index (χ0v) is 10.6. The van der Waals surface area contributed by atoms with Gasteiger partial charge in [-0.1, -0.05) is 5.16 Å². The number of carbonyl (C=O) groups is 3. The molecule has 1 atom stereocenters. The largest absolute Gasteiger partial charge is 0.480 e. The van der Waals surface area contributed by atoms with Crippen molar-refractivity contribution in [2.24, 2.45) is 0 Å². The number of nitrogens with zero attached hydrogens (tertiary/aromatic N) is 2. The van der Waals surface area contributed by atoms with E-state index in [-0.39, 0.29) is 24.7 Å². The molecular formula is C11H15N3O5. The molecule has 0 saturated carbocycles. The SMILES string of the molecule is CC(=O)NCCN(C(=O)c1ccon1)C(C)C(=O)O. The molecular weight excluding hydrogens is 254 g/mol. The van der Waals surface area contributed by atoms with Gasteiger partial charge in [0.05, 0.1) is 0 Å². The summed E-state index contributed by atoms with van der Waals surface area (Å²) in [4.78, 5) is 34.9. The van der Waals surface area contributed by atoms with Gasteiger partial charge < -0.3 is 19.8 Å². The molecule has 0 aliphatic rings. The third-order valence-corrected chi connectivity index (χ3v) is 2.47. The number of aromatic nitrogens is 1. The second kappa shape index (κ2) is 6.53. The van der Waals surface area contributed by atoms with Gasteiger partial charge in [-0.15, -0.1) is 0 Å². The number of hydrogen-bond acceptors (Lipinski definition) is 5. The Bertz CT molecular complexity index is 457. The highest BCUT2D eigenvalue weighted by atomic mass is 16.5. The average Bonchev–Trinajstić information content (AvgIpc) is 2.86. The molecule has 104 valence electrons. The van der Waals surface area contributed by atoms with Crippen molar-refractivity contribution in [2.45, 2.75) is 19.9 Å². The maximum Gasteiger partial charge on any atom is 0.326 e. The van der Waals surface area contributed by atoms with Crippen LogP contribution in [0, 0.1) is 0 Å². The van der Waals surface area contributed by atoms with Crippen molar-refractivity contribution in [2.75, 3.05) is 13.1 Å². The van der Waals surface area contributed by atoms with Crippen molar-refractivity contribution < 1.29 is 24.0 Å². The minimum Gasteiger partial charge on any atom is -0.480 e. The first-order chi connectivity index (χ1) is 8.93. The molecule has 2 amide bonds. The summed E-state index contributed by atoms with van der Waals surface area (Å²) < 4.78 is 4.55. The van der Waals surface area contributed by atoms with E-state index in [1.165, 1.54) is 26.2 Å². The third kappa shape index (κ3) is 4.09. The van der Waals surface area contributed by atoms with Crippen LogP contribution in [0.2, 0.25) is 0 Å². The minimum atomic E-state index is -1.14. The van der Waals surface area contributed by atoms with E-state index in [2.05, 4.69) is 15.0 Å². The van der Waals surface area contributed by atoms with Crippen LogP contribution in [-0.4, -0.2) is 52.1 Å². The minimum absolute atomic E-state index is 0.0240. The highest BCUT2D eigenvalue weighted by Crippen LogP contribution is 2.06. The van der Waals surface area contributed by atoms with Gasteiger partial charge in [-0.05, 0) is 6.92 Å². The molecule has 0 aromatic carbocycles. The first kappa shape index (κ1) is 14.7.